The average Bonchev–Trinajstić information content (AvgIpc) is 3.36. The third kappa shape index (κ3) is 1.94. The maximum Gasteiger partial charge on any atom is 0.134 e. The lowest BCUT2D eigenvalue weighted by molar-refractivity contribution is -0.172. The highest BCUT2D eigenvalue weighted by Crippen LogP contribution is 2.57. The molecule has 5 rings (SSSR count). The molecule has 3 aliphatic carbocycles. The summed E-state index contributed by atoms with van der Waals surface area (Å²) in [5.74, 6) is 1.18. The number of aliphatic hydroxyl groups is 1. The predicted molar refractivity (Wildman–Crippen MR) is 93.1 cm³/mol. The van der Waals surface area contributed by atoms with Gasteiger partial charge < -0.3 is 5.11 Å². The normalized spacial score (nSPS) is 38.6. The van der Waals surface area contributed by atoms with Crippen LogP contribution in [0.4, 0.5) is 0 Å². The number of carbonyl (C=O) groups excluding carboxylic acids is 1. The smallest absolute Gasteiger partial charge is 0.134 e. The van der Waals surface area contributed by atoms with Crippen LogP contribution in [0.25, 0.3) is 0 Å². The van der Waals surface area contributed by atoms with Gasteiger partial charge in [0, 0.05) is 30.8 Å². The molecule has 24 heavy (non-hydrogen) atoms. The minimum Gasteiger partial charge on any atom is -0.387 e. The van der Waals surface area contributed by atoms with Crippen LogP contribution < -0.4 is 0 Å². The largest absolute Gasteiger partial charge is 0.387 e. The first kappa shape index (κ1) is 15.1. The average molecular weight is 325 g/mol. The monoisotopic (exact) mass is 325 g/mol. The van der Waals surface area contributed by atoms with Gasteiger partial charge in [-0.1, -0.05) is 23.8 Å². The number of ketones is 1. The van der Waals surface area contributed by atoms with E-state index in [4.69, 9.17) is 0 Å². The third-order valence-corrected chi connectivity index (χ3v) is 7.31. The van der Waals surface area contributed by atoms with E-state index in [1.54, 1.807) is 0 Å². The molecule has 1 heterocycles. The molecule has 128 valence electrons. The highest BCUT2D eigenvalue weighted by molar-refractivity contribution is 5.82. The van der Waals surface area contributed by atoms with Crippen LogP contribution >= 0.6 is 0 Å². The molecule has 3 nitrogen and oxygen atoms in total. The van der Waals surface area contributed by atoms with Gasteiger partial charge in [-0.05, 0) is 62.6 Å². The number of likely N-dealkylation sites (tertiary alicyclic amines) is 1. The predicted octanol–water partition coefficient (Wildman–Crippen LogP) is 2.76. The summed E-state index contributed by atoms with van der Waals surface area (Å²) in [5, 5.41) is 11.9. The first-order chi connectivity index (χ1) is 11.5. The molecular weight excluding hydrogens is 298 g/mol. The third-order valence-electron chi connectivity index (χ3n) is 7.31. The second-order valence-electron chi connectivity index (χ2n) is 8.79. The fraction of sp³-hybridized carbons (Fsp3) is 0.667. The second-order valence-corrected chi connectivity index (χ2v) is 8.79. The van der Waals surface area contributed by atoms with Crippen molar-refractivity contribution in [3.05, 3.63) is 34.9 Å². The van der Waals surface area contributed by atoms with Crippen molar-refractivity contribution in [1.29, 1.82) is 0 Å². The Kier molecular flexibility index (Phi) is 3.10. The van der Waals surface area contributed by atoms with Gasteiger partial charge in [0.1, 0.15) is 5.78 Å². The Morgan fingerprint density at radius 1 is 1.29 bits per heavy atom. The Morgan fingerprint density at radius 2 is 2.12 bits per heavy atom. The lowest BCUT2D eigenvalue weighted by Crippen LogP contribution is -2.73. The van der Waals surface area contributed by atoms with Crippen molar-refractivity contribution in [2.45, 2.75) is 68.9 Å². The fourth-order valence-corrected chi connectivity index (χ4v) is 5.86. The number of carbonyl (C=O) groups is 1. The van der Waals surface area contributed by atoms with Crippen molar-refractivity contribution in [2.24, 2.45) is 5.92 Å². The summed E-state index contributed by atoms with van der Waals surface area (Å²) in [6.07, 6.45) is 6.29. The van der Waals surface area contributed by atoms with Crippen molar-refractivity contribution >= 4 is 5.78 Å². The number of nitrogens with zero attached hydrogens (tertiary/aromatic N) is 1. The van der Waals surface area contributed by atoms with Crippen molar-refractivity contribution in [2.75, 3.05) is 13.1 Å². The van der Waals surface area contributed by atoms with Gasteiger partial charge in [-0.15, -0.1) is 0 Å². The first-order valence-corrected chi connectivity index (χ1v) is 9.60. The van der Waals surface area contributed by atoms with Gasteiger partial charge in [0.25, 0.3) is 0 Å². The molecule has 1 aromatic rings. The molecule has 1 N–H and O–H groups in total. The quantitative estimate of drug-likeness (QED) is 0.909. The SMILES string of the molecule is Cc1ccc2c(c1)[C@@]13CCN(CC4CC4)[C@@H](C2)[C@@]1(O)CCC(=O)C3. The molecule has 0 amide bonds. The maximum absolute atomic E-state index is 12.4. The number of hydrogen-bond acceptors (Lipinski definition) is 3. The summed E-state index contributed by atoms with van der Waals surface area (Å²) >= 11 is 0. The molecule has 0 unspecified atom stereocenters. The molecule has 0 radical (unpaired) electrons. The Labute approximate surface area is 144 Å². The molecule has 3 fully saturated rings. The van der Waals surface area contributed by atoms with Gasteiger partial charge in [-0.3, -0.25) is 9.69 Å². The van der Waals surface area contributed by atoms with Crippen molar-refractivity contribution < 1.29 is 9.90 Å². The number of fused-ring (bicyclic) bond motifs is 1. The van der Waals surface area contributed by atoms with Crippen LogP contribution in [0.5, 0.6) is 0 Å². The van der Waals surface area contributed by atoms with E-state index in [0.29, 0.717) is 25.0 Å². The lowest BCUT2D eigenvalue weighted by atomic mass is 9.49. The van der Waals surface area contributed by atoms with Crippen LogP contribution in [0.1, 0.15) is 55.2 Å². The molecule has 1 saturated heterocycles. The Morgan fingerprint density at radius 3 is 2.92 bits per heavy atom. The van der Waals surface area contributed by atoms with Gasteiger partial charge in [0.2, 0.25) is 0 Å². The summed E-state index contributed by atoms with van der Waals surface area (Å²) in [7, 11) is 0. The van der Waals surface area contributed by atoms with Crippen molar-refractivity contribution in [3.8, 4) is 0 Å². The zero-order chi connectivity index (χ0) is 16.5. The van der Waals surface area contributed by atoms with Crippen LogP contribution in [0.15, 0.2) is 18.2 Å². The van der Waals surface area contributed by atoms with Crippen LogP contribution in [0, 0.1) is 12.8 Å². The maximum atomic E-state index is 12.4. The van der Waals surface area contributed by atoms with E-state index in [-0.39, 0.29) is 11.5 Å². The minimum absolute atomic E-state index is 0.190. The molecular formula is C21H27NO2. The summed E-state index contributed by atoms with van der Waals surface area (Å²) in [5.41, 5.74) is 2.81. The molecule has 1 aliphatic heterocycles. The molecule has 3 heteroatoms. The van der Waals surface area contributed by atoms with E-state index in [9.17, 15) is 9.90 Å². The zero-order valence-electron chi connectivity index (χ0n) is 14.6. The highest BCUT2D eigenvalue weighted by Gasteiger charge is 2.64. The van der Waals surface area contributed by atoms with Gasteiger partial charge in [0.05, 0.1) is 5.60 Å². The van der Waals surface area contributed by atoms with Crippen molar-refractivity contribution in [1.82, 2.24) is 4.90 Å². The molecule has 3 atom stereocenters. The molecule has 2 saturated carbocycles. The van der Waals surface area contributed by atoms with E-state index in [1.165, 1.54) is 29.5 Å². The summed E-state index contributed by atoms with van der Waals surface area (Å²) in [4.78, 5) is 15.0. The molecule has 1 aromatic carbocycles. The van der Waals surface area contributed by atoms with Gasteiger partial charge in [-0.2, -0.15) is 0 Å². The molecule has 0 aromatic heterocycles. The number of hydrogen-bond donors (Lipinski definition) is 1. The van der Waals surface area contributed by atoms with E-state index in [0.717, 1.165) is 31.8 Å². The van der Waals surface area contributed by atoms with Crippen molar-refractivity contribution in [3.63, 3.8) is 0 Å². The van der Waals surface area contributed by atoms with E-state index in [2.05, 4.69) is 30.0 Å². The number of piperidine rings is 1. The molecule has 0 spiro atoms. The van der Waals surface area contributed by atoms with Crippen LogP contribution in [-0.4, -0.2) is 40.5 Å². The zero-order valence-corrected chi connectivity index (χ0v) is 14.6. The number of rotatable bonds is 2. The molecule has 2 bridgehead atoms. The van der Waals surface area contributed by atoms with Crippen LogP contribution in [-0.2, 0) is 16.6 Å². The van der Waals surface area contributed by atoms with E-state index in [1.807, 2.05) is 0 Å². The second kappa shape index (κ2) is 4.92. The van der Waals surface area contributed by atoms with Gasteiger partial charge in [-0.25, -0.2) is 0 Å². The summed E-state index contributed by atoms with van der Waals surface area (Å²) in [6, 6.07) is 6.88. The molecule has 4 aliphatic rings. The topological polar surface area (TPSA) is 40.5 Å². The van der Waals surface area contributed by atoms with Gasteiger partial charge >= 0.3 is 0 Å². The van der Waals surface area contributed by atoms with Crippen LogP contribution in [0.3, 0.4) is 0 Å². The van der Waals surface area contributed by atoms with Crippen LogP contribution in [0.2, 0.25) is 0 Å². The minimum atomic E-state index is -0.727. The number of benzene rings is 1. The van der Waals surface area contributed by atoms with E-state index >= 15 is 0 Å². The van der Waals surface area contributed by atoms with E-state index < -0.39 is 5.60 Å². The Hall–Kier alpha value is -1.19. The van der Waals surface area contributed by atoms with Gasteiger partial charge in [0.15, 0.2) is 0 Å². The Bertz CT molecular complexity index is 710. The first-order valence-electron chi connectivity index (χ1n) is 9.60. The highest BCUT2D eigenvalue weighted by atomic mass is 16.3. The summed E-state index contributed by atoms with van der Waals surface area (Å²) < 4.78 is 0. The standard InChI is InChI=1S/C21H27NO2/c1-14-2-5-16-11-19-21(24)7-6-17(23)12-20(21,18(16)10-14)8-9-22(19)13-15-3-4-15/h2,5,10,15,19,24H,3-4,6-9,11-13H2,1H3/t19-,20-,21-/m0/s1. The lowest BCUT2D eigenvalue weighted by Gasteiger charge is -2.63. The number of aryl methyl sites for hydroxylation is 1. The fourth-order valence-electron chi connectivity index (χ4n) is 5.86. The Balaban J connectivity index is 1.65. The number of Topliss-reactive ketones (excluding diaryl/α,β-unsaturated/α-hetero) is 1. The summed E-state index contributed by atoms with van der Waals surface area (Å²) in [6.45, 7) is 4.29.